The van der Waals surface area contributed by atoms with E-state index in [2.05, 4.69) is 35.1 Å². The molecule has 0 bridgehead atoms. The van der Waals surface area contributed by atoms with Gasteiger partial charge in [0.1, 0.15) is 6.61 Å². The number of dihydropyridines is 1. The molecule has 1 unspecified atom stereocenters. The van der Waals surface area contributed by atoms with Gasteiger partial charge in [-0.05, 0) is 66.2 Å². The van der Waals surface area contributed by atoms with E-state index in [0.717, 1.165) is 5.70 Å². The number of allylic oxidation sites excluding steroid dienone is 3. The minimum atomic E-state index is -0.644. The number of methoxy groups -OCH3 is 1. The molecule has 0 spiro atoms. The molecule has 1 aromatic rings. The second-order valence-corrected chi connectivity index (χ2v) is 10.4. The van der Waals surface area contributed by atoms with Gasteiger partial charge in [0.15, 0.2) is 17.3 Å². The summed E-state index contributed by atoms with van der Waals surface area (Å²) in [5.74, 6) is -0.961. The van der Waals surface area contributed by atoms with Crippen LogP contribution in [0.15, 0.2) is 39.1 Å². The highest BCUT2D eigenvalue weighted by molar-refractivity contribution is 9.10. The fourth-order valence-corrected chi connectivity index (χ4v) is 4.91. The Kier molecular flexibility index (Phi) is 7.59. The standard InChI is InChI=1S/C25H32BrNO6/c1-13(2)32-7-8-33-24(30)20-14(3)27-17-11-25(4,5)12-18(28)22(17)21(20)15-9-16(26)23(29)19(10-15)31-6/h9-10,13,21,27,29H,7-8,11-12H2,1-6H3. The van der Waals surface area contributed by atoms with Gasteiger partial charge in [0, 0.05) is 29.3 Å². The molecule has 0 radical (unpaired) electrons. The Balaban J connectivity index is 2.08. The zero-order chi connectivity index (χ0) is 24.5. The van der Waals surface area contributed by atoms with E-state index in [-0.39, 0.29) is 42.0 Å². The zero-order valence-corrected chi connectivity index (χ0v) is 21.6. The molecule has 1 aliphatic heterocycles. The number of benzene rings is 1. The highest BCUT2D eigenvalue weighted by Gasteiger charge is 2.43. The number of phenolic OH excluding ortho intramolecular Hbond substituents is 1. The molecule has 3 rings (SSSR count). The second-order valence-electron chi connectivity index (χ2n) is 9.54. The third-order valence-electron chi connectivity index (χ3n) is 5.83. The molecule has 8 heteroatoms. The van der Waals surface area contributed by atoms with Gasteiger partial charge < -0.3 is 24.6 Å². The quantitative estimate of drug-likeness (QED) is 0.395. The van der Waals surface area contributed by atoms with Gasteiger partial charge in [0.2, 0.25) is 0 Å². The van der Waals surface area contributed by atoms with Crippen molar-refractivity contribution >= 4 is 27.7 Å². The highest BCUT2D eigenvalue weighted by atomic mass is 79.9. The lowest BCUT2D eigenvalue weighted by Crippen LogP contribution is -2.38. The van der Waals surface area contributed by atoms with Crippen molar-refractivity contribution in [1.82, 2.24) is 5.32 Å². The topological polar surface area (TPSA) is 94.1 Å². The van der Waals surface area contributed by atoms with E-state index in [4.69, 9.17) is 14.2 Å². The van der Waals surface area contributed by atoms with Crippen LogP contribution < -0.4 is 10.1 Å². The molecule has 7 nitrogen and oxygen atoms in total. The van der Waals surface area contributed by atoms with Crippen molar-refractivity contribution < 1.29 is 28.9 Å². The molecule has 0 amide bonds. The number of carbonyl (C=O) groups excluding carboxylic acids is 2. The number of esters is 1. The number of nitrogens with one attached hydrogen (secondary N) is 1. The number of rotatable bonds is 7. The summed E-state index contributed by atoms with van der Waals surface area (Å²) < 4.78 is 16.8. The van der Waals surface area contributed by atoms with E-state index in [1.165, 1.54) is 7.11 Å². The predicted octanol–water partition coefficient (Wildman–Crippen LogP) is 4.74. The molecule has 180 valence electrons. The molecule has 0 aromatic heterocycles. The van der Waals surface area contributed by atoms with Gasteiger partial charge in [-0.3, -0.25) is 4.79 Å². The van der Waals surface area contributed by atoms with Crippen molar-refractivity contribution in [2.45, 2.75) is 59.5 Å². The number of hydrogen-bond donors (Lipinski definition) is 2. The number of halogens is 1. The molecule has 2 N–H and O–H groups in total. The van der Waals surface area contributed by atoms with Crippen molar-refractivity contribution in [3.8, 4) is 11.5 Å². The van der Waals surface area contributed by atoms with E-state index < -0.39 is 11.9 Å². The average Bonchev–Trinajstić information content (AvgIpc) is 2.70. The summed E-state index contributed by atoms with van der Waals surface area (Å²) in [5.41, 5.74) is 2.86. The SMILES string of the molecule is COc1cc(C2C(C(=O)OCCOC(C)C)=C(C)NC3=C2C(=O)CC(C)(C)C3)cc(Br)c1O. The number of ketones is 1. The molecule has 0 fully saturated rings. The smallest absolute Gasteiger partial charge is 0.336 e. The van der Waals surface area contributed by atoms with Gasteiger partial charge in [-0.2, -0.15) is 0 Å². The van der Waals surface area contributed by atoms with Gasteiger partial charge in [-0.1, -0.05) is 13.8 Å². The van der Waals surface area contributed by atoms with Crippen LogP contribution >= 0.6 is 15.9 Å². The molecule has 33 heavy (non-hydrogen) atoms. The summed E-state index contributed by atoms with van der Waals surface area (Å²) in [6, 6.07) is 3.38. The summed E-state index contributed by atoms with van der Waals surface area (Å²) in [5, 5.41) is 13.6. The predicted molar refractivity (Wildman–Crippen MR) is 128 cm³/mol. The summed E-state index contributed by atoms with van der Waals surface area (Å²) in [6.07, 6.45) is 1.10. The normalized spacial score (nSPS) is 20.0. The molecule has 1 aliphatic carbocycles. The minimum Gasteiger partial charge on any atom is -0.503 e. The van der Waals surface area contributed by atoms with Crippen LogP contribution in [-0.2, 0) is 19.1 Å². The number of ether oxygens (including phenoxy) is 3. The van der Waals surface area contributed by atoms with Crippen molar-refractivity contribution in [2.24, 2.45) is 5.41 Å². The maximum atomic E-state index is 13.4. The molecule has 1 atom stereocenters. The Morgan fingerprint density at radius 2 is 1.97 bits per heavy atom. The van der Waals surface area contributed by atoms with Crippen LogP contribution in [0.2, 0.25) is 0 Å². The van der Waals surface area contributed by atoms with Gasteiger partial charge in [-0.25, -0.2) is 4.79 Å². The molecular weight excluding hydrogens is 490 g/mol. The summed E-state index contributed by atoms with van der Waals surface area (Å²) in [4.78, 5) is 26.6. The van der Waals surface area contributed by atoms with Crippen LogP contribution in [-0.4, -0.2) is 43.3 Å². The number of aromatic hydroxyl groups is 1. The van der Waals surface area contributed by atoms with Crippen LogP contribution in [0.5, 0.6) is 11.5 Å². The first kappa shape index (κ1) is 25.3. The number of Topliss-reactive ketones (excluding diaryl/α,β-unsaturated/α-hetero) is 1. The maximum Gasteiger partial charge on any atom is 0.336 e. The first-order valence-corrected chi connectivity index (χ1v) is 11.8. The first-order valence-electron chi connectivity index (χ1n) is 11.0. The van der Waals surface area contributed by atoms with Crippen molar-refractivity contribution in [1.29, 1.82) is 0 Å². The molecule has 1 heterocycles. The van der Waals surface area contributed by atoms with Crippen molar-refractivity contribution in [3.63, 3.8) is 0 Å². The Morgan fingerprint density at radius 1 is 1.27 bits per heavy atom. The summed E-state index contributed by atoms with van der Waals surface area (Å²) in [6.45, 7) is 10.2. The van der Waals surface area contributed by atoms with Crippen LogP contribution in [0, 0.1) is 5.41 Å². The Hall–Kier alpha value is -2.32. The summed E-state index contributed by atoms with van der Waals surface area (Å²) >= 11 is 3.37. The number of phenols is 1. The lowest BCUT2D eigenvalue weighted by Gasteiger charge is -2.39. The van der Waals surface area contributed by atoms with Crippen LogP contribution in [0.4, 0.5) is 0 Å². The zero-order valence-electron chi connectivity index (χ0n) is 20.0. The number of carbonyl (C=O) groups is 2. The second kappa shape index (κ2) is 9.89. The molecule has 2 aliphatic rings. The van der Waals surface area contributed by atoms with Gasteiger partial charge in [-0.15, -0.1) is 0 Å². The Labute approximate surface area is 203 Å². The van der Waals surface area contributed by atoms with Gasteiger partial charge in [0.25, 0.3) is 0 Å². The van der Waals surface area contributed by atoms with E-state index in [1.807, 2.05) is 20.8 Å². The molecule has 1 aromatic carbocycles. The van der Waals surface area contributed by atoms with Gasteiger partial charge in [0.05, 0.1) is 29.9 Å². The molecule has 0 saturated heterocycles. The Bertz CT molecular complexity index is 1020. The fraction of sp³-hybridized carbons (Fsp3) is 0.520. The van der Waals surface area contributed by atoms with Crippen LogP contribution in [0.1, 0.15) is 58.9 Å². The largest absolute Gasteiger partial charge is 0.503 e. The highest BCUT2D eigenvalue weighted by Crippen LogP contribution is 2.48. The third kappa shape index (κ3) is 5.44. The maximum absolute atomic E-state index is 13.4. The summed E-state index contributed by atoms with van der Waals surface area (Å²) in [7, 11) is 1.46. The first-order chi connectivity index (χ1) is 15.4. The monoisotopic (exact) mass is 521 g/mol. The van der Waals surface area contributed by atoms with Crippen LogP contribution in [0.3, 0.4) is 0 Å². The van der Waals surface area contributed by atoms with Crippen molar-refractivity contribution in [2.75, 3.05) is 20.3 Å². The van der Waals surface area contributed by atoms with E-state index >= 15 is 0 Å². The third-order valence-corrected chi connectivity index (χ3v) is 6.44. The Morgan fingerprint density at radius 3 is 2.61 bits per heavy atom. The average molecular weight is 522 g/mol. The lowest BCUT2D eigenvalue weighted by molar-refractivity contribution is -0.141. The van der Waals surface area contributed by atoms with E-state index in [9.17, 15) is 14.7 Å². The fourth-order valence-electron chi connectivity index (χ4n) is 4.45. The van der Waals surface area contributed by atoms with E-state index in [0.29, 0.717) is 39.7 Å². The lowest BCUT2D eigenvalue weighted by atomic mass is 9.68. The minimum absolute atomic E-state index is 0.0112. The molecular formula is C25H32BrNO6. The van der Waals surface area contributed by atoms with E-state index in [1.54, 1.807) is 12.1 Å². The van der Waals surface area contributed by atoms with Crippen molar-refractivity contribution in [3.05, 3.63) is 44.7 Å². The van der Waals surface area contributed by atoms with Crippen LogP contribution in [0.25, 0.3) is 0 Å². The van der Waals surface area contributed by atoms with Gasteiger partial charge >= 0.3 is 5.97 Å². The molecule has 0 saturated carbocycles. The number of hydrogen-bond acceptors (Lipinski definition) is 7.